The minimum Gasteiger partial charge on any atom is -0.393 e. The predicted octanol–water partition coefficient (Wildman–Crippen LogP) is 1.57. The van der Waals surface area contributed by atoms with E-state index in [1.54, 1.807) is 6.33 Å². The summed E-state index contributed by atoms with van der Waals surface area (Å²) in [4.78, 5) is 9.00. The van der Waals surface area contributed by atoms with Gasteiger partial charge >= 0.3 is 0 Å². The maximum absolute atomic E-state index is 5.80. The lowest BCUT2D eigenvalue weighted by Gasteiger charge is -2.21. The summed E-state index contributed by atoms with van der Waals surface area (Å²) >= 11 is 4.97. The van der Waals surface area contributed by atoms with E-state index in [4.69, 9.17) is 18.0 Å². The number of H-pyrrole nitrogens is 1. The maximum Gasteiger partial charge on any atom is 0.154 e. The molecule has 0 radical (unpaired) electrons. The van der Waals surface area contributed by atoms with Crippen molar-refractivity contribution in [1.29, 1.82) is 0 Å². The Hall–Kier alpha value is -1.10. The summed E-state index contributed by atoms with van der Waals surface area (Å²) in [6.45, 7) is 5.94. The molecule has 1 rings (SSSR count). The van der Waals surface area contributed by atoms with Crippen LogP contribution in [0, 0.1) is 4.64 Å². The number of nitrogens with zero attached hydrogens (tertiary/aromatic N) is 2. The first-order chi connectivity index (χ1) is 6.20. The lowest BCUT2D eigenvalue weighted by molar-refractivity contribution is 0.843. The Kier molecular flexibility index (Phi) is 3.25. The molecular weight excluding hydrogens is 184 g/mol. The van der Waals surface area contributed by atoms with Crippen LogP contribution in [-0.4, -0.2) is 23.1 Å². The van der Waals surface area contributed by atoms with Gasteiger partial charge in [-0.15, -0.1) is 0 Å². The molecule has 0 atom stereocenters. The second-order valence-corrected chi connectivity index (χ2v) is 3.03. The number of aromatic nitrogens is 2. The number of hydrogen-bond acceptors (Lipinski definition) is 4. The quantitative estimate of drug-likeness (QED) is 0.724. The van der Waals surface area contributed by atoms with E-state index in [0.717, 1.165) is 18.9 Å². The van der Waals surface area contributed by atoms with Crippen LogP contribution in [0.4, 0.5) is 11.5 Å². The van der Waals surface area contributed by atoms with Crippen LogP contribution in [0.1, 0.15) is 13.8 Å². The number of aromatic amines is 1. The number of nitrogens with one attached hydrogen (secondary N) is 1. The standard InChI is InChI=1S/C8H14N4S/c1-3-12(4-2)7-6(9)8(13)11-5-10-7/h5H,3-4,9H2,1-2H3,(H,10,11,13). The fourth-order valence-electron chi connectivity index (χ4n) is 1.20. The summed E-state index contributed by atoms with van der Waals surface area (Å²) in [7, 11) is 0. The molecule has 0 spiro atoms. The van der Waals surface area contributed by atoms with Crippen molar-refractivity contribution in [2.24, 2.45) is 0 Å². The van der Waals surface area contributed by atoms with Gasteiger partial charge in [-0.05, 0) is 13.8 Å². The van der Waals surface area contributed by atoms with Crippen molar-refractivity contribution < 1.29 is 0 Å². The van der Waals surface area contributed by atoms with E-state index >= 15 is 0 Å². The molecule has 0 aliphatic carbocycles. The fourth-order valence-corrected chi connectivity index (χ4v) is 1.35. The molecule has 4 nitrogen and oxygen atoms in total. The molecule has 0 amide bonds. The van der Waals surface area contributed by atoms with Gasteiger partial charge < -0.3 is 15.6 Å². The highest BCUT2D eigenvalue weighted by Crippen LogP contribution is 2.18. The van der Waals surface area contributed by atoms with Crippen molar-refractivity contribution in [3.63, 3.8) is 0 Å². The molecule has 0 saturated carbocycles. The number of nitrogen functional groups attached to an aromatic ring is 1. The molecule has 5 heteroatoms. The van der Waals surface area contributed by atoms with Crippen LogP contribution in [0.25, 0.3) is 0 Å². The molecule has 0 aliphatic rings. The van der Waals surface area contributed by atoms with Gasteiger partial charge in [-0.25, -0.2) is 4.98 Å². The third-order valence-corrected chi connectivity index (χ3v) is 2.27. The Morgan fingerprint density at radius 3 is 2.69 bits per heavy atom. The smallest absolute Gasteiger partial charge is 0.154 e. The van der Waals surface area contributed by atoms with Gasteiger partial charge in [0, 0.05) is 13.1 Å². The molecule has 13 heavy (non-hydrogen) atoms. The SMILES string of the molecule is CCN(CC)c1[nH]cnc(=S)c1N. The molecule has 1 heterocycles. The van der Waals surface area contributed by atoms with Gasteiger partial charge in [0.2, 0.25) is 0 Å². The topological polar surface area (TPSA) is 57.9 Å². The van der Waals surface area contributed by atoms with Crippen molar-refractivity contribution in [2.45, 2.75) is 13.8 Å². The summed E-state index contributed by atoms with van der Waals surface area (Å²) in [5.41, 5.74) is 6.35. The van der Waals surface area contributed by atoms with Gasteiger partial charge in [-0.2, -0.15) is 0 Å². The zero-order chi connectivity index (χ0) is 9.84. The Balaban J connectivity index is 3.13. The average Bonchev–Trinajstić information content (AvgIpc) is 2.14. The summed E-state index contributed by atoms with van der Waals surface area (Å²) in [5, 5.41) is 0. The molecule has 1 aromatic rings. The van der Waals surface area contributed by atoms with Crippen molar-refractivity contribution in [1.82, 2.24) is 9.97 Å². The predicted molar refractivity (Wildman–Crippen MR) is 57.4 cm³/mol. The van der Waals surface area contributed by atoms with E-state index in [1.165, 1.54) is 0 Å². The Morgan fingerprint density at radius 2 is 2.15 bits per heavy atom. The van der Waals surface area contributed by atoms with Crippen LogP contribution >= 0.6 is 12.2 Å². The van der Waals surface area contributed by atoms with Crippen LogP contribution in [0.2, 0.25) is 0 Å². The first-order valence-electron chi connectivity index (χ1n) is 4.28. The van der Waals surface area contributed by atoms with E-state index in [0.29, 0.717) is 10.3 Å². The van der Waals surface area contributed by atoms with E-state index in [2.05, 4.69) is 28.7 Å². The van der Waals surface area contributed by atoms with Gasteiger partial charge in [0.05, 0.1) is 6.33 Å². The second-order valence-electron chi connectivity index (χ2n) is 2.64. The van der Waals surface area contributed by atoms with Crippen LogP contribution < -0.4 is 10.6 Å². The molecule has 0 bridgehead atoms. The molecule has 0 unspecified atom stereocenters. The second kappa shape index (κ2) is 4.23. The first kappa shape index (κ1) is 9.98. The third kappa shape index (κ3) is 1.98. The third-order valence-electron chi connectivity index (χ3n) is 1.95. The minimum atomic E-state index is 0.459. The van der Waals surface area contributed by atoms with Gasteiger partial charge in [-0.1, -0.05) is 12.2 Å². The average molecular weight is 198 g/mol. The summed E-state index contributed by atoms with van der Waals surface area (Å²) in [6.07, 6.45) is 1.58. The highest BCUT2D eigenvalue weighted by atomic mass is 32.1. The number of hydrogen-bond donors (Lipinski definition) is 2. The van der Waals surface area contributed by atoms with E-state index in [1.807, 2.05) is 0 Å². The van der Waals surface area contributed by atoms with E-state index in [9.17, 15) is 0 Å². The molecule has 0 aromatic carbocycles. The van der Waals surface area contributed by atoms with Crippen molar-refractivity contribution >= 4 is 23.7 Å². The van der Waals surface area contributed by atoms with Crippen LogP contribution in [0.5, 0.6) is 0 Å². The lowest BCUT2D eigenvalue weighted by atomic mass is 10.4. The van der Waals surface area contributed by atoms with Crippen molar-refractivity contribution in [3.8, 4) is 0 Å². The van der Waals surface area contributed by atoms with Gasteiger partial charge in [0.1, 0.15) is 11.5 Å². The van der Waals surface area contributed by atoms with Gasteiger partial charge in [0.15, 0.2) is 4.64 Å². The largest absolute Gasteiger partial charge is 0.393 e. The zero-order valence-electron chi connectivity index (χ0n) is 7.87. The highest BCUT2D eigenvalue weighted by Gasteiger charge is 2.06. The molecule has 0 saturated heterocycles. The summed E-state index contributed by atoms with van der Waals surface area (Å²) in [6, 6.07) is 0. The van der Waals surface area contributed by atoms with Crippen LogP contribution in [-0.2, 0) is 0 Å². The van der Waals surface area contributed by atoms with E-state index < -0.39 is 0 Å². The Labute approximate surface area is 82.8 Å². The monoisotopic (exact) mass is 198 g/mol. The Bertz CT molecular complexity index is 329. The summed E-state index contributed by atoms with van der Waals surface area (Å²) in [5.74, 6) is 0.866. The number of nitrogens with two attached hydrogens (primary N) is 1. The van der Waals surface area contributed by atoms with E-state index in [-0.39, 0.29) is 0 Å². The van der Waals surface area contributed by atoms with Crippen molar-refractivity contribution in [3.05, 3.63) is 11.0 Å². The van der Waals surface area contributed by atoms with Crippen molar-refractivity contribution in [2.75, 3.05) is 23.7 Å². The summed E-state index contributed by atoms with van der Waals surface area (Å²) < 4.78 is 0.459. The molecule has 0 fully saturated rings. The first-order valence-corrected chi connectivity index (χ1v) is 4.69. The zero-order valence-corrected chi connectivity index (χ0v) is 8.69. The molecule has 72 valence electrons. The molecular formula is C8H14N4S. The molecule has 0 aliphatic heterocycles. The van der Waals surface area contributed by atoms with Gasteiger partial charge in [-0.3, -0.25) is 0 Å². The minimum absolute atomic E-state index is 0.459. The number of rotatable bonds is 3. The maximum atomic E-state index is 5.80. The fraction of sp³-hybridized carbons (Fsp3) is 0.500. The normalized spacial score (nSPS) is 10.0. The number of anilines is 2. The molecule has 3 N–H and O–H groups in total. The van der Waals surface area contributed by atoms with Crippen LogP contribution in [0.15, 0.2) is 6.33 Å². The molecule has 1 aromatic heterocycles. The Morgan fingerprint density at radius 1 is 1.54 bits per heavy atom. The van der Waals surface area contributed by atoms with Crippen LogP contribution in [0.3, 0.4) is 0 Å². The highest BCUT2D eigenvalue weighted by molar-refractivity contribution is 7.71. The van der Waals surface area contributed by atoms with Gasteiger partial charge in [0.25, 0.3) is 0 Å². The lowest BCUT2D eigenvalue weighted by Crippen LogP contribution is -2.24.